The number of hydrogen-bond acceptors (Lipinski definition) is 2. The molecule has 2 unspecified atom stereocenters. The zero-order valence-electron chi connectivity index (χ0n) is 10.0. The monoisotopic (exact) mass is 232 g/mol. The number of aliphatic hydroxyl groups is 2. The molecule has 0 aliphatic heterocycles. The van der Waals surface area contributed by atoms with E-state index in [-0.39, 0.29) is 0 Å². The van der Waals surface area contributed by atoms with E-state index in [4.69, 9.17) is 0 Å². The standard InChI is InChI=1S/C15H20O2/c16-14(15(17)13-8-9-13)12-6-4-11(5-7-12)10-2-1-3-10/h4-7,10,13-17H,1-3,8-9H2. The summed E-state index contributed by atoms with van der Waals surface area (Å²) in [4.78, 5) is 0. The van der Waals surface area contributed by atoms with Crippen molar-refractivity contribution >= 4 is 0 Å². The summed E-state index contributed by atoms with van der Waals surface area (Å²) in [5, 5.41) is 19.9. The highest BCUT2D eigenvalue weighted by Crippen LogP contribution is 2.39. The molecule has 2 nitrogen and oxygen atoms in total. The van der Waals surface area contributed by atoms with Gasteiger partial charge in [-0.05, 0) is 48.6 Å². The first kappa shape index (κ1) is 11.2. The summed E-state index contributed by atoms with van der Waals surface area (Å²) in [6, 6.07) is 8.18. The van der Waals surface area contributed by atoms with E-state index in [9.17, 15) is 10.2 Å². The van der Waals surface area contributed by atoms with E-state index in [0.717, 1.165) is 24.3 Å². The van der Waals surface area contributed by atoms with Crippen LogP contribution in [0.5, 0.6) is 0 Å². The first-order valence-electron chi connectivity index (χ1n) is 6.71. The smallest absolute Gasteiger partial charge is 0.105 e. The number of benzene rings is 1. The van der Waals surface area contributed by atoms with Crippen LogP contribution in [0.4, 0.5) is 0 Å². The summed E-state index contributed by atoms with van der Waals surface area (Å²) in [5.41, 5.74) is 2.24. The lowest BCUT2D eigenvalue weighted by molar-refractivity contribution is 0.00483. The second-order valence-electron chi connectivity index (χ2n) is 5.57. The molecule has 2 heteroatoms. The number of rotatable bonds is 4. The average molecular weight is 232 g/mol. The van der Waals surface area contributed by atoms with Gasteiger partial charge in [0.15, 0.2) is 0 Å². The van der Waals surface area contributed by atoms with Gasteiger partial charge < -0.3 is 10.2 Å². The highest BCUT2D eigenvalue weighted by Gasteiger charge is 2.35. The maximum absolute atomic E-state index is 10.1. The molecule has 1 aromatic rings. The Labute approximate surface area is 102 Å². The summed E-state index contributed by atoms with van der Waals surface area (Å²) >= 11 is 0. The van der Waals surface area contributed by atoms with Crippen LogP contribution in [0, 0.1) is 5.92 Å². The molecular formula is C15H20O2. The first-order valence-corrected chi connectivity index (χ1v) is 6.71. The molecule has 2 aliphatic rings. The van der Waals surface area contributed by atoms with Crippen molar-refractivity contribution in [2.75, 3.05) is 0 Å². The summed E-state index contributed by atoms with van der Waals surface area (Å²) in [5.74, 6) is 1.05. The summed E-state index contributed by atoms with van der Waals surface area (Å²) in [7, 11) is 0. The van der Waals surface area contributed by atoms with Crippen LogP contribution >= 0.6 is 0 Å². The van der Waals surface area contributed by atoms with Crippen LogP contribution in [-0.2, 0) is 0 Å². The van der Waals surface area contributed by atoms with E-state index in [0.29, 0.717) is 5.92 Å². The van der Waals surface area contributed by atoms with Gasteiger partial charge in [-0.3, -0.25) is 0 Å². The van der Waals surface area contributed by atoms with Gasteiger partial charge in [-0.25, -0.2) is 0 Å². The van der Waals surface area contributed by atoms with Gasteiger partial charge in [-0.1, -0.05) is 30.7 Å². The third-order valence-electron chi connectivity index (χ3n) is 4.28. The van der Waals surface area contributed by atoms with Crippen molar-refractivity contribution in [2.45, 2.75) is 50.2 Å². The molecule has 2 N–H and O–H groups in total. The molecule has 2 aliphatic carbocycles. The molecule has 0 radical (unpaired) electrons. The molecule has 0 aromatic heterocycles. The van der Waals surface area contributed by atoms with Gasteiger partial charge in [0, 0.05) is 0 Å². The third-order valence-corrected chi connectivity index (χ3v) is 4.28. The Kier molecular flexibility index (Phi) is 2.93. The fraction of sp³-hybridized carbons (Fsp3) is 0.600. The van der Waals surface area contributed by atoms with E-state index in [1.807, 2.05) is 12.1 Å². The first-order chi connectivity index (χ1) is 8.25. The van der Waals surface area contributed by atoms with E-state index in [1.54, 1.807) is 0 Å². The van der Waals surface area contributed by atoms with Crippen molar-refractivity contribution < 1.29 is 10.2 Å². The van der Waals surface area contributed by atoms with Crippen molar-refractivity contribution in [1.29, 1.82) is 0 Å². The van der Waals surface area contributed by atoms with Crippen LogP contribution in [0.15, 0.2) is 24.3 Å². The Morgan fingerprint density at radius 3 is 2.06 bits per heavy atom. The number of aliphatic hydroxyl groups excluding tert-OH is 2. The zero-order chi connectivity index (χ0) is 11.8. The average Bonchev–Trinajstić information content (AvgIpc) is 3.10. The van der Waals surface area contributed by atoms with E-state index >= 15 is 0 Å². The highest BCUT2D eigenvalue weighted by atomic mass is 16.3. The molecule has 17 heavy (non-hydrogen) atoms. The van der Waals surface area contributed by atoms with Gasteiger partial charge in [-0.15, -0.1) is 0 Å². The predicted molar refractivity (Wildman–Crippen MR) is 66.7 cm³/mol. The zero-order valence-corrected chi connectivity index (χ0v) is 10.0. The fourth-order valence-electron chi connectivity index (χ4n) is 2.60. The summed E-state index contributed by atoms with van der Waals surface area (Å²) < 4.78 is 0. The molecule has 2 atom stereocenters. The highest BCUT2D eigenvalue weighted by molar-refractivity contribution is 5.28. The molecule has 0 heterocycles. The lowest BCUT2D eigenvalue weighted by Gasteiger charge is -2.26. The van der Waals surface area contributed by atoms with Crippen LogP contribution < -0.4 is 0 Å². The molecule has 1 aromatic carbocycles. The normalized spacial score (nSPS) is 24.1. The third kappa shape index (κ3) is 2.24. The van der Waals surface area contributed by atoms with E-state index in [2.05, 4.69) is 12.1 Å². The van der Waals surface area contributed by atoms with Crippen molar-refractivity contribution in [3.63, 3.8) is 0 Å². The fourth-order valence-corrected chi connectivity index (χ4v) is 2.60. The molecule has 0 saturated heterocycles. The number of hydrogen-bond donors (Lipinski definition) is 2. The largest absolute Gasteiger partial charge is 0.390 e. The van der Waals surface area contributed by atoms with Gasteiger partial charge in [-0.2, -0.15) is 0 Å². The van der Waals surface area contributed by atoms with Gasteiger partial charge in [0.1, 0.15) is 6.10 Å². The SMILES string of the molecule is OC(c1ccc(C2CCC2)cc1)C(O)C1CC1. The van der Waals surface area contributed by atoms with Crippen LogP contribution in [0.25, 0.3) is 0 Å². The van der Waals surface area contributed by atoms with Crippen molar-refractivity contribution in [3.05, 3.63) is 35.4 Å². The van der Waals surface area contributed by atoms with Gasteiger partial charge >= 0.3 is 0 Å². The molecule has 2 saturated carbocycles. The Balaban J connectivity index is 1.69. The quantitative estimate of drug-likeness (QED) is 0.838. The molecule has 0 amide bonds. The molecule has 2 fully saturated rings. The minimum atomic E-state index is -0.710. The van der Waals surface area contributed by atoms with Gasteiger partial charge in [0.05, 0.1) is 6.10 Å². The Morgan fingerprint density at radius 1 is 0.941 bits per heavy atom. The second-order valence-corrected chi connectivity index (χ2v) is 5.57. The Morgan fingerprint density at radius 2 is 1.59 bits per heavy atom. The van der Waals surface area contributed by atoms with E-state index < -0.39 is 12.2 Å². The Hall–Kier alpha value is -0.860. The van der Waals surface area contributed by atoms with Crippen LogP contribution in [-0.4, -0.2) is 16.3 Å². The summed E-state index contributed by atoms with van der Waals surface area (Å²) in [6.07, 6.45) is 4.76. The van der Waals surface area contributed by atoms with Crippen LogP contribution in [0.2, 0.25) is 0 Å². The molecule has 3 rings (SSSR count). The maximum atomic E-state index is 10.1. The van der Waals surface area contributed by atoms with Crippen LogP contribution in [0.1, 0.15) is 55.3 Å². The van der Waals surface area contributed by atoms with Gasteiger partial charge in [0.25, 0.3) is 0 Å². The predicted octanol–water partition coefficient (Wildman–Crippen LogP) is 2.76. The van der Waals surface area contributed by atoms with Gasteiger partial charge in [0.2, 0.25) is 0 Å². The second kappa shape index (κ2) is 4.43. The molecule has 0 spiro atoms. The topological polar surface area (TPSA) is 40.5 Å². The van der Waals surface area contributed by atoms with E-state index in [1.165, 1.54) is 24.8 Å². The van der Waals surface area contributed by atoms with Crippen molar-refractivity contribution in [3.8, 4) is 0 Å². The molecule has 92 valence electrons. The molecule has 0 bridgehead atoms. The Bertz CT molecular complexity index is 376. The van der Waals surface area contributed by atoms with Crippen molar-refractivity contribution in [2.24, 2.45) is 5.92 Å². The molecular weight excluding hydrogens is 212 g/mol. The lowest BCUT2D eigenvalue weighted by Crippen LogP contribution is -2.20. The lowest BCUT2D eigenvalue weighted by atomic mass is 9.80. The maximum Gasteiger partial charge on any atom is 0.105 e. The minimum Gasteiger partial charge on any atom is -0.390 e. The minimum absolute atomic E-state index is 0.316. The van der Waals surface area contributed by atoms with Crippen LogP contribution in [0.3, 0.4) is 0 Å². The van der Waals surface area contributed by atoms with Crippen molar-refractivity contribution in [1.82, 2.24) is 0 Å². The summed E-state index contributed by atoms with van der Waals surface area (Å²) in [6.45, 7) is 0.